The summed E-state index contributed by atoms with van der Waals surface area (Å²) in [7, 11) is 3.20. The van der Waals surface area contributed by atoms with Gasteiger partial charge in [-0.15, -0.1) is 10.2 Å². The van der Waals surface area contributed by atoms with E-state index in [1.807, 2.05) is 30.3 Å². The number of nitrogens with two attached hydrogens (primary N) is 1. The van der Waals surface area contributed by atoms with Crippen molar-refractivity contribution in [1.29, 1.82) is 0 Å². The largest absolute Gasteiger partial charge is 0.493 e. The first-order valence-electron chi connectivity index (χ1n) is 7.74. The zero-order valence-electron chi connectivity index (χ0n) is 14.4. The van der Waals surface area contributed by atoms with Gasteiger partial charge in [-0.05, 0) is 36.2 Å². The summed E-state index contributed by atoms with van der Waals surface area (Å²) in [5, 5.41) is 9.10. The standard InChI is InChI=1S/C18H20N4O2S/c1-12-6-4-5-7-14(12)11-25-18-21-20-17(22(18)19)13-8-9-15(23-2)16(10-13)24-3/h4-10H,11,19H2,1-3H3. The molecular formula is C18H20N4O2S. The summed E-state index contributed by atoms with van der Waals surface area (Å²) in [6.07, 6.45) is 0. The molecule has 3 rings (SSSR count). The molecule has 0 radical (unpaired) electrons. The van der Waals surface area contributed by atoms with Gasteiger partial charge in [0, 0.05) is 11.3 Å². The topological polar surface area (TPSA) is 75.2 Å². The van der Waals surface area contributed by atoms with Crippen molar-refractivity contribution in [3.05, 3.63) is 53.6 Å². The van der Waals surface area contributed by atoms with Crippen LogP contribution >= 0.6 is 11.8 Å². The minimum Gasteiger partial charge on any atom is -0.493 e. The van der Waals surface area contributed by atoms with E-state index in [-0.39, 0.29) is 0 Å². The lowest BCUT2D eigenvalue weighted by atomic mass is 10.1. The highest BCUT2D eigenvalue weighted by atomic mass is 32.2. The molecule has 0 fully saturated rings. The summed E-state index contributed by atoms with van der Waals surface area (Å²) in [6, 6.07) is 13.8. The van der Waals surface area contributed by atoms with Crippen LogP contribution < -0.4 is 15.3 Å². The first-order valence-corrected chi connectivity index (χ1v) is 8.72. The Morgan fingerprint density at radius 1 is 1.04 bits per heavy atom. The second-order valence-corrected chi connectivity index (χ2v) is 6.40. The van der Waals surface area contributed by atoms with Gasteiger partial charge >= 0.3 is 0 Å². The zero-order valence-corrected chi connectivity index (χ0v) is 15.2. The summed E-state index contributed by atoms with van der Waals surface area (Å²) in [5.74, 6) is 8.84. The van der Waals surface area contributed by atoms with E-state index in [0.29, 0.717) is 22.5 Å². The van der Waals surface area contributed by atoms with Crippen LogP contribution in [0, 0.1) is 6.92 Å². The Morgan fingerprint density at radius 2 is 1.80 bits per heavy atom. The van der Waals surface area contributed by atoms with Crippen LogP contribution in [0.4, 0.5) is 0 Å². The Morgan fingerprint density at radius 3 is 2.52 bits per heavy atom. The van der Waals surface area contributed by atoms with E-state index < -0.39 is 0 Å². The second kappa shape index (κ2) is 7.48. The normalized spacial score (nSPS) is 10.7. The van der Waals surface area contributed by atoms with E-state index in [1.165, 1.54) is 15.8 Å². The molecule has 0 saturated heterocycles. The van der Waals surface area contributed by atoms with Gasteiger partial charge in [0.25, 0.3) is 0 Å². The maximum absolute atomic E-state index is 6.20. The number of benzene rings is 2. The van der Waals surface area contributed by atoms with Crippen molar-refractivity contribution in [3.8, 4) is 22.9 Å². The smallest absolute Gasteiger partial charge is 0.210 e. The summed E-state index contributed by atoms with van der Waals surface area (Å²) >= 11 is 1.56. The van der Waals surface area contributed by atoms with Crippen LogP contribution in [-0.4, -0.2) is 29.1 Å². The van der Waals surface area contributed by atoms with E-state index in [9.17, 15) is 0 Å². The number of methoxy groups -OCH3 is 2. The quantitative estimate of drug-likeness (QED) is 0.540. The molecule has 0 amide bonds. The molecule has 3 aromatic rings. The number of nitrogen functional groups attached to an aromatic ring is 1. The van der Waals surface area contributed by atoms with E-state index in [0.717, 1.165) is 11.3 Å². The van der Waals surface area contributed by atoms with E-state index >= 15 is 0 Å². The second-order valence-electron chi connectivity index (χ2n) is 5.46. The van der Waals surface area contributed by atoms with Crippen molar-refractivity contribution < 1.29 is 9.47 Å². The highest BCUT2D eigenvalue weighted by Crippen LogP contribution is 2.32. The van der Waals surface area contributed by atoms with Crippen molar-refractivity contribution in [2.24, 2.45) is 0 Å². The van der Waals surface area contributed by atoms with Crippen LogP contribution in [0.1, 0.15) is 11.1 Å². The molecule has 7 heteroatoms. The van der Waals surface area contributed by atoms with Gasteiger partial charge in [-0.3, -0.25) is 0 Å². The number of rotatable bonds is 6. The summed E-state index contributed by atoms with van der Waals surface area (Å²) < 4.78 is 12.1. The fraction of sp³-hybridized carbons (Fsp3) is 0.222. The highest BCUT2D eigenvalue weighted by Gasteiger charge is 2.15. The minimum atomic E-state index is 0.577. The molecule has 0 aliphatic heterocycles. The van der Waals surface area contributed by atoms with Crippen LogP contribution in [0.5, 0.6) is 11.5 Å². The fourth-order valence-electron chi connectivity index (χ4n) is 2.46. The van der Waals surface area contributed by atoms with Crippen molar-refractivity contribution in [1.82, 2.24) is 14.9 Å². The molecule has 130 valence electrons. The lowest BCUT2D eigenvalue weighted by Crippen LogP contribution is -2.11. The third-order valence-corrected chi connectivity index (χ3v) is 4.92. The molecule has 2 N–H and O–H groups in total. The Bertz CT molecular complexity index is 879. The van der Waals surface area contributed by atoms with E-state index in [4.69, 9.17) is 15.3 Å². The first-order chi connectivity index (χ1) is 12.1. The van der Waals surface area contributed by atoms with E-state index in [2.05, 4.69) is 29.3 Å². The predicted molar refractivity (Wildman–Crippen MR) is 99.5 cm³/mol. The van der Waals surface area contributed by atoms with Crippen LogP contribution in [0.3, 0.4) is 0 Å². The van der Waals surface area contributed by atoms with Crippen LogP contribution in [0.25, 0.3) is 11.4 Å². The number of nitrogens with zero attached hydrogens (tertiary/aromatic N) is 3. The number of thioether (sulfide) groups is 1. The molecule has 0 unspecified atom stereocenters. The fourth-order valence-corrected chi connectivity index (χ4v) is 3.39. The number of aromatic nitrogens is 3. The maximum Gasteiger partial charge on any atom is 0.210 e. The van der Waals surface area contributed by atoms with Crippen molar-refractivity contribution >= 4 is 11.8 Å². The van der Waals surface area contributed by atoms with Gasteiger partial charge in [0.15, 0.2) is 17.3 Å². The lowest BCUT2D eigenvalue weighted by Gasteiger charge is -2.09. The Labute approximate surface area is 150 Å². The Balaban J connectivity index is 1.83. The number of hydrogen-bond acceptors (Lipinski definition) is 6. The van der Waals surface area contributed by atoms with Crippen molar-refractivity contribution in [2.75, 3.05) is 20.1 Å². The van der Waals surface area contributed by atoms with Gasteiger partial charge in [-0.1, -0.05) is 36.0 Å². The molecule has 1 heterocycles. The summed E-state index contributed by atoms with van der Waals surface area (Å²) in [6.45, 7) is 2.10. The average Bonchev–Trinajstić information content (AvgIpc) is 3.01. The molecular weight excluding hydrogens is 336 g/mol. The third-order valence-electron chi connectivity index (χ3n) is 3.92. The lowest BCUT2D eigenvalue weighted by molar-refractivity contribution is 0.355. The molecule has 0 aliphatic carbocycles. The molecule has 0 aliphatic rings. The number of hydrogen-bond donors (Lipinski definition) is 1. The third kappa shape index (κ3) is 3.56. The van der Waals surface area contributed by atoms with Gasteiger partial charge in [0.2, 0.25) is 5.16 Å². The van der Waals surface area contributed by atoms with Gasteiger partial charge < -0.3 is 15.3 Å². The monoisotopic (exact) mass is 356 g/mol. The molecule has 25 heavy (non-hydrogen) atoms. The molecule has 0 bridgehead atoms. The van der Waals surface area contributed by atoms with Crippen LogP contribution in [0.2, 0.25) is 0 Å². The number of aryl methyl sites for hydroxylation is 1. The first kappa shape index (κ1) is 17.2. The molecule has 0 spiro atoms. The Kier molecular flexibility index (Phi) is 5.14. The van der Waals surface area contributed by atoms with Gasteiger partial charge in [0.1, 0.15) is 0 Å². The molecule has 0 saturated carbocycles. The molecule has 2 aromatic carbocycles. The Hall–Kier alpha value is -2.67. The van der Waals surface area contributed by atoms with Gasteiger partial charge in [-0.2, -0.15) is 0 Å². The van der Waals surface area contributed by atoms with Crippen LogP contribution in [0.15, 0.2) is 47.6 Å². The van der Waals surface area contributed by atoms with E-state index in [1.54, 1.807) is 26.0 Å². The molecule has 6 nitrogen and oxygen atoms in total. The van der Waals surface area contributed by atoms with Crippen molar-refractivity contribution in [3.63, 3.8) is 0 Å². The van der Waals surface area contributed by atoms with Crippen LogP contribution in [-0.2, 0) is 5.75 Å². The minimum absolute atomic E-state index is 0.577. The van der Waals surface area contributed by atoms with Crippen molar-refractivity contribution in [2.45, 2.75) is 17.8 Å². The maximum atomic E-state index is 6.20. The molecule has 0 atom stereocenters. The highest BCUT2D eigenvalue weighted by molar-refractivity contribution is 7.98. The van der Waals surface area contributed by atoms with Gasteiger partial charge in [-0.25, -0.2) is 4.68 Å². The predicted octanol–water partition coefficient (Wildman–Crippen LogP) is 3.28. The average molecular weight is 356 g/mol. The summed E-state index contributed by atoms with van der Waals surface area (Å²) in [5.41, 5.74) is 3.32. The SMILES string of the molecule is COc1ccc(-c2nnc(SCc3ccccc3C)n2N)cc1OC. The zero-order chi connectivity index (χ0) is 17.8. The number of ether oxygens (including phenoxy) is 2. The molecule has 1 aromatic heterocycles. The summed E-state index contributed by atoms with van der Waals surface area (Å²) in [4.78, 5) is 0. The van der Waals surface area contributed by atoms with Gasteiger partial charge in [0.05, 0.1) is 14.2 Å².